The average molecular weight is 311 g/mol. The van der Waals surface area contributed by atoms with Crippen molar-refractivity contribution in [2.45, 2.75) is 51.5 Å². The molecule has 1 aliphatic rings. The molecule has 2 nitrogen and oxygen atoms in total. The lowest BCUT2D eigenvalue weighted by atomic mass is 9.94. The second-order valence-corrected chi connectivity index (χ2v) is 6.19. The van der Waals surface area contributed by atoms with Gasteiger partial charge in [-0.1, -0.05) is 19.8 Å². The van der Waals surface area contributed by atoms with Crippen LogP contribution >= 0.6 is 15.9 Å². The molecule has 0 aromatic carbocycles. The summed E-state index contributed by atoms with van der Waals surface area (Å²) in [4.78, 5) is 4.51. The fourth-order valence-corrected chi connectivity index (χ4v) is 3.08. The highest BCUT2D eigenvalue weighted by atomic mass is 79.9. The number of hydrogen-bond donors (Lipinski definition) is 1. The smallest absolute Gasteiger partial charge is 0.0420 e. The van der Waals surface area contributed by atoms with Gasteiger partial charge in [0, 0.05) is 28.8 Å². The van der Waals surface area contributed by atoms with Crippen molar-refractivity contribution in [2.75, 3.05) is 6.54 Å². The van der Waals surface area contributed by atoms with Gasteiger partial charge in [-0.3, -0.25) is 4.98 Å². The van der Waals surface area contributed by atoms with Gasteiger partial charge >= 0.3 is 0 Å². The van der Waals surface area contributed by atoms with Crippen molar-refractivity contribution in [2.24, 2.45) is 5.92 Å². The topological polar surface area (TPSA) is 24.9 Å². The predicted octanol–water partition coefficient (Wildman–Crippen LogP) is 3.95. The maximum Gasteiger partial charge on any atom is 0.0420 e. The molecule has 3 heteroatoms. The summed E-state index contributed by atoms with van der Waals surface area (Å²) < 4.78 is 1.06. The molecule has 1 heterocycles. The van der Waals surface area contributed by atoms with Crippen LogP contribution in [0.5, 0.6) is 0 Å². The fraction of sp³-hybridized carbons (Fsp3) is 0.667. The first kappa shape index (κ1) is 14.0. The van der Waals surface area contributed by atoms with Crippen molar-refractivity contribution >= 4 is 15.9 Å². The molecule has 1 fully saturated rings. The summed E-state index contributed by atoms with van der Waals surface area (Å²) in [6.45, 7) is 3.36. The van der Waals surface area contributed by atoms with E-state index in [9.17, 15) is 0 Å². The molecular weight excluding hydrogens is 288 g/mol. The SMILES string of the molecule is CCCNC(Cc1ccc(Br)cn1)C1CCCC1. The van der Waals surface area contributed by atoms with Crippen LogP contribution in [-0.2, 0) is 6.42 Å². The molecule has 1 aliphatic carbocycles. The van der Waals surface area contributed by atoms with Gasteiger partial charge in [0.15, 0.2) is 0 Å². The van der Waals surface area contributed by atoms with Gasteiger partial charge in [-0.15, -0.1) is 0 Å². The Hall–Kier alpha value is -0.410. The zero-order chi connectivity index (χ0) is 12.8. The lowest BCUT2D eigenvalue weighted by molar-refractivity contribution is 0.354. The summed E-state index contributed by atoms with van der Waals surface area (Å²) in [7, 11) is 0. The van der Waals surface area contributed by atoms with E-state index in [1.807, 2.05) is 6.20 Å². The maximum absolute atomic E-state index is 4.51. The molecule has 1 aromatic heterocycles. The van der Waals surface area contributed by atoms with Crippen molar-refractivity contribution in [3.63, 3.8) is 0 Å². The van der Waals surface area contributed by atoms with Gasteiger partial charge in [0.2, 0.25) is 0 Å². The van der Waals surface area contributed by atoms with Crippen LogP contribution in [0, 0.1) is 5.92 Å². The summed E-state index contributed by atoms with van der Waals surface area (Å²) in [5.41, 5.74) is 1.21. The van der Waals surface area contributed by atoms with Gasteiger partial charge in [0.1, 0.15) is 0 Å². The number of nitrogens with zero attached hydrogens (tertiary/aromatic N) is 1. The normalized spacial score (nSPS) is 18.1. The Labute approximate surface area is 119 Å². The highest BCUT2D eigenvalue weighted by Gasteiger charge is 2.24. The van der Waals surface area contributed by atoms with E-state index in [0.717, 1.165) is 23.4 Å². The molecule has 2 rings (SSSR count). The fourth-order valence-electron chi connectivity index (χ4n) is 2.85. The molecule has 1 saturated carbocycles. The van der Waals surface area contributed by atoms with E-state index in [0.29, 0.717) is 6.04 Å². The van der Waals surface area contributed by atoms with E-state index in [4.69, 9.17) is 0 Å². The van der Waals surface area contributed by atoms with E-state index in [1.165, 1.54) is 37.8 Å². The number of hydrogen-bond acceptors (Lipinski definition) is 2. The lowest BCUT2D eigenvalue weighted by Crippen LogP contribution is -2.37. The van der Waals surface area contributed by atoms with Gasteiger partial charge in [-0.05, 0) is 59.8 Å². The van der Waals surface area contributed by atoms with E-state index in [1.54, 1.807) is 0 Å². The number of rotatable bonds is 6. The molecule has 18 heavy (non-hydrogen) atoms. The Balaban J connectivity index is 1.97. The Morgan fingerprint density at radius 2 is 2.17 bits per heavy atom. The van der Waals surface area contributed by atoms with Crippen LogP contribution in [0.4, 0.5) is 0 Å². The highest BCUT2D eigenvalue weighted by molar-refractivity contribution is 9.10. The van der Waals surface area contributed by atoms with Crippen LogP contribution in [0.3, 0.4) is 0 Å². The first-order valence-corrected chi connectivity index (χ1v) is 7.92. The molecule has 1 atom stereocenters. The molecule has 0 spiro atoms. The predicted molar refractivity (Wildman–Crippen MR) is 79.7 cm³/mol. The van der Waals surface area contributed by atoms with Crippen molar-refractivity contribution in [3.05, 3.63) is 28.5 Å². The Morgan fingerprint density at radius 1 is 1.39 bits per heavy atom. The van der Waals surface area contributed by atoms with Crippen LogP contribution in [0.15, 0.2) is 22.8 Å². The highest BCUT2D eigenvalue weighted by Crippen LogP contribution is 2.29. The van der Waals surface area contributed by atoms with Gasteiger partial charge < -0.3 is 5.32 Å². The van der Waals surface area contributed by atoms with Gasteiger partial charge in [0.25, 0.3) is 0 Å². The van der Waals surface area contributed by atoms with Crippen LogP contribution in [0.1, 0.15) is 44.7 Å². The second kappa shape index (κ2) is 7.25. The third-order valence-electron chi connectivity index (χ3n) is 3.84. The van der Waals surface area contributed by atoms with Crippen LogP contribution in [-0.4, -0.2) is 17.6 Å². The molecule has 1 N–H and O–H groups in total. The summed E-state index contributed by atoms with van der Waals surface area (Å²) in [5.74, 6) is 0.849. The molecule has 0 saturated heterocycles. The van der Waals surface area contributed by atoms with E-state index >= 15 is 0 Å². The van der Waals surface area contributed by atoms with Crippen LogP contribution < -0.4 is 5.32 Å². The molecule has 1 aromatic rings. The molecule has 100 valence electrons. The number of halogens is 1. The van der Waals surface area contributed by atoms with Crippen molar-refractivity contribution in [1.29, 1.82) is 0 Å². The third kappa shape index (κ3) is 4.06. The van der Waals surface area contributed by atoms with Gasteiger partial charge in [0.05, 0.1) is 0 Å². The quantitative estimate of drug-likeness (QED) is 0.860. The molecule has 0 aliphatic heterocycles. The first-order valence-electron chi connectivity index (χ1n) is 7.13. The largest absolute Gasteiger partial charge is 0.313 e. The Kier molecular flexibility index (Phi) is 5.64. The lowest BCUT2D eigenvalue weighted by Gasteiger charge is -2.24. The number of nitrogens with one attached hydrogen (secondary N) is 1. The monoisotopic (exact) mass is 310 g/mol. The standard InChI is InChI=1S/C15H23BrN2/c1-2-9-17-15(12-5-3-4-6-12)10-14-8-7-13(16)11-18-14/h7-8,11-12,15,17H,2-6,9-10H2,1H3. The molecular formula is C15H23BrN2. The zero-order valence-corrected chi connectivity index (χ0v) is 12.7. The molecule has 0 bridgehead atoms. The maximum atomic E-state index is 4.51. The van der Waals surface area contributed by atoms with Gasteiger partial charge in [-0.2, -0.15) is 0 Å². The Bertz CT molecular complexity index is 344. The third-order valence-corrected chi connectivity index (χ3v) is 4.31. The van der Waals surface area contributed by atoms with Crippen molar-refractivity contribution in [3.8, 4) is 0 Å². The molecule has 0 radical (unpaired) electrons. The summed E-state index contributed by atoms with van der Waals surface area (Å²) in [6.07, 6.45) is 9.76. The van der Waals surface area contributed by atoms with Crippen LogP contribution in [0.25, 0.3) is 0 Å². The summed E-state index contributed by atoms with van der Waals surface area (Å²) in [6, 6.07) is 4.84. The van der Waals surface area contributed by atoms with E-state index in [2.05, 4.69) is 45.3 Å². The summed E-state index contributed by atoms with van der Waals surface area (Å²) in [5, 5.41) is 3.72. The first-order chi connectivity index (χ1) is 8.79. The van der Waals surface area contributed by atoms with Crippen LogP contribution in [0.2, 0.25) is 0 Å². The number of aromatic nitrogens is 1. The molecule has 0 amide bonds. The molecule has 1 unspecified atom stereocenters. The summed E-state index contributed by atoms with van der Waals surface area (Å²) >= 11 is 3.44. The minimum Gasteiger partial charge on any atom is -0.313 e. The second-order valence-electron chi connectivity index (χ2n) is 5.28. The van der Waals surface area contributed by atoms with Crippen molar-refractivity contribution in [1.82, 2.24) is 10.3 Å². The number of pyridine rings is 1. The van der Waals surface area contributed by atoms with E-state index < -0.39 is 0 Å². The van der Waals surface area contributed by atoms with Crippen molar-refractivity contribution < 1.29 is 0 Å². The zero-order valence-electron chi connectivity index (χ0n) is 11.2. The average Bonchev–Trinajstić information content (AvgIpc) is 2.90. The Morgan fingerprint density at radius 3 is 2.78 bits per heavy atom. The van der Waals surface area contributed by atoms with E-state index in [-0.39, 0.29) is 0 Å². The van der Waals surface area contributed by atoms with Gasteiger partial charge in [-0.25, -0.2) is 0 Å². The minimum atomic E-state index is 0.612. The minimum absolute atomic E-state index is 0.612.